The van der Waals surface area contributed by atoms with E-state index in [1.807, 2.05) is 6.07 Å². The van der Waals surface area contributed by atoms with Crippen LogP contribution in [0.4, 0.5) is 5.69 Å². The summed E-state index contributed by atoms with van der Waals surface area (Å²) in [5, 5.41) is 3.36. The van der Waals surface area contributed by atoms with E-state index >= 15 is 0 Å². The van der Waals surface area contributed by atoms with Crippen LogP contribution >= 0.6 is 11.6 Å². The lowest BCUT2D eigenvalue weighted by molar-refractivity contribution is 0.504. The number of rotatable bonds is 13. The Morgan fingerprint density at radius 2 is 1.35 bits per heavy atom. The second-order valence-corrected chi connectivity index (χ2v) is 16.2. The first-order chi connectivity index (χ1) is 26.2. The fourth-order valence-electron chi connectivity index (χ4n) is 8.77. The number of hydrogen-bond donors (Lipinski definition) is 0. The van der Waals surface area contributed by atoms with E-state index < -0.39 is 5.41 Å². The first kappa shape index (κ1) is 37.2. The van der Waals surface area contributed by atoms with Crippen LogP contribution in [0.2, 0.25) is 5.02 Å². The van der Waals surface area contributed by atoms with Crippen molar-refractivity contribution in [3.8, 4) is 0 Å². The van der Waals surface area contributed by atoms with Gasteiger partial charge in [0.15, 0.2) is 0 Å². The van der Waals surface area contributed by atoms with E-state index in [1.165, 1.54) is 55.5 Å². The van der Waals surface area contributed by atoms with E-state index in [2.05, 4.69) is 190 Å². The van der Waals surface area contributed by atoms with Gasteiger partial charge in [0.25, 0.3) is 0 Å². The van der Waals surface area contributed by atoms with Crippen LogP contribution in [0.1, 0.15) is 60.6 Å². The van der Waals surface area contributed by atoms with Gasteiger partial charge in [-0.2, -0.15) is 0 Å². The lowest BCUT2D eigenvalue weighted by Crippen LogP contribution is -2.34. The molecule has 0 radical (unpaired) electrons. The molecule has 1 aliphatic rings. The fourth-order valence-corrected chi connectivity index (χ4v) is 8.94. The van der Waals surface area contributed by atoms with Gasteiger partial charge in [-0.25, -0.2) is 0 Å². The van der Waals surface area contributed by atoms with Gasteiger partial charge in [0.1, 0.15) is 0 Å². The van der Waals surface area contributed by atoms with E-state index in [9.17, 15) is 0 Å². The molecule has 0 N–H and O–H groups in total. The number of allylic oxidation sites excluding steroid dienone is 5. The standard InChI is InChI=1S/C52H52ClN/c1-38(2)32-33-54-48-31-29-44-25-15-16-26-46(44)50(48)51(5,35-41-19-9-6-10-20-41)49(54)27-17-18-40(4)52(36-42-21-11-7-12-22-42,37-43-23-13-8-14-24-43)47-34-45(53)30-28-39(47)3/h6-31,34,38H,4,32-33,35-37H2,1-3,5H3/b18-17+,49-27+. The molecule has 0 aromatic heterocycles. The monoisotopic (exact) mass is 725 g/mol. The average Bonchev–Trinajstić information content (AvgIpc) is 3.42. The van der Waals surface area contributed by atoms with Gasteiger partial charge in [0.05, 0.1) is 0 Å². The highest BCUT2D eigenvalue weighted by atomic mass is 35.5. The van der Waals surface area contributed by atoms with Crippen LogP contribution in [0.25, 0.3) is 10.8 Å². The Bertz CT molecular complexity index is 2240. The van der Waals surface area contributed by atoms with Crippen LogP contribution < -0.4 is 4.90 Å². The van der Waals surface area contributed by atoms with Crippen molar-refractivity contribution >= 4 is 28.1 Å². The SMILES string of the molecule is C=C(/C=C/C=C1/N(CCC(C)C)c2ccc3ccccc3c2C1(C)Cc1ccccc1)C(Cc1ccccc1)(Cc1ccccc1)c1cc(Cl)ccc1C. The lowest BCUT2D eigenvalue weighted by atomic mass is 9.65. The minimum absolute atomic E-state index is 0.255. The Hall–Kier alpha value is -5.11. The lowest BCUT2D eigenvalue weighted by Gasteiger charge is -2.38. The third kappa shape index (κ3) is 7.61. The summed E-state index contributed by atoms with van der Waals surface area (Å²) in [6.07, 6.45) is 10.6. The first-order valence-corrected chi connectivity index (χ1v) is 19.8. The second kappa shape index (κ2) is 16.1. The van der Waals surface area contributed by atoms with Crippen LogP contribution in [-0.4, -0.2) is 6.54 Å². The molecule has 6 aromatic carbocycles. The van der Waals surface area contributed by atoms with E-state index in [-0.39, 0.29) is 5.41 Å². The molecule has 0 amide bonds. The molecule has 1 aliphatic heterocycles. The molecule has 54 heavy (non-hydrogen) atoms. The number of anilines is 1. The number of hydrogen-bond acceptors (Lipinski definition) is 1. The number of fused-ring (bicyclic) bond motifs is 3. The van der Waals surface area contributed by atoms with E-state index in [0.717, 1.165) is 42.8 Å². The Balaban J connectivity index is 1.39. The van der Waals surface area contributed by atoms with E-state index in [1.54, 1.807) is 0 Å². The molecule has 1 heterocycles. The van der Waals surface area contributed by atoms with Crippen molar-refractivity contribution in [3.05, 3.63) is 220 Å². The molecular weight excluding hydrogens is 674 g/mol. The Labute approximate surface area is 328 Å². The first-order valence-electron chi connectivity index (χ1n) is 19.4. The summed E-state index contributed by atoms with van der Waals surface area (Å²) >= 11 is 6.81. The molecule has 1 nitrogen and oxygen atoms in total. The maximum Gasteiger partial charge on any atom is 0.0457 e. The minimum Gasteiger partial charge on any atom is -0.344 e. The molecule has 0 saturated heterocycles. The van der Waals surface area contributed by atoms with Gasteiger partial charge in [-0.05, 0) is 119 Å². The maximum atomic E-state index is 6.81. The molecule has 0 bridgehead atoms. The molecule has 1 unspecified atom stereocenters. The molecule has 0 saturated carbocycles. The molecule has 7 rings (SSSR count). The van der Waals surface area contributed by atoms with Crippen molar-refractivity contribution in [2.45, 2.75) is 64.2 Å². The van der Waals surface area contributed by atoms with Gasteiger partial charge in [-0.15, -0.1) is 0 Å². The highest BCUT2D eigenvalue weighted by Gasteiger charge is 2.44. The predicted molar refractivity (Wildman–Crippen MR) is 233 cm³/mol. The largest absolute Gasteiger partial charge is 0.344 e. The van der Waals surface area contributed by atoms with Crippen LogP contribution in [0.15, 0.2) is 182 Å². The summed E-state index contributed by atoms with van der Waals surface area (Å²) < 4.78 is 0. The van der Waals surface area contributed by atoms with Crippen molar-refractivity contribution in [1.82, 2.24) is 0 Å². The summed E-state index contributed by atoms with van der Waals surface area (Å²) in [5.41, 5.74) is 10.8. The summed E-state index contributed by atoms with van der Waals surface area (Å²) in [7, 11) is 0. The number of benzene rings is 6. The van der Waals surface area contributed by atoms with E-state index in [0.29, 0.717) is 5.92 Å². The molecule has 6 aromatic rings. The van der Waals surface area contributed by atoms with Crippen LogP contribution in [0, 0.1) is 12.8 Å². The maximum absolute atomic E-state index is 6.81. The van der Waals surface area contributed by atoms with Crippen LogP contribution in [-0.2, 0) is 30.1 Å². The average molecular weight is 726 g/mol. The van der Waals surface area contributed by atoms with Gasteiger partial charge >= 0.3 is 0 Å². The quantitative estimate of drug-likeness (QED) is 0.107. The third-order valence-electron chi connectivity index (χ3n) is 11.5. The molecule has 1 atom stereocenters. The highest BCUT2D eigenvalue weighted by molar-refractivity contribution is 6.30. The van der Waals surface area contributed by atoms with Gasteiger partial charge in [-0.3, -0.25) is 0 Å². The van der Waals surface area contributed by atoms with Crippen LogP contribution in [0.5, 0.6) is 0 Å². The topological polar surface area (TPSA) is 3.24 Å². The second-order valence-electron chi connectivity index (χ2n) is 15.8. The summed E-state index contributed by atoms with van der Waals surface area (Å²) in [6.45, 7) is 15.2. The predicted octanol–water partition coefficient (Wildman–Crippen LogP) is 13.6. The number of aryl methyl sites for hydroxylation is 1. The Morgan fingerprint density at radius 3 is 1.98 bits per heavy atom. The van der Waals surface area contributed by atoms with Crippen molar-refractivity contribution in [1.29, 1.82) is 0 Å². The van der Waals surface area contributed by atoms with Gasteiger partial charge < -0.3 is 4.90 Å². The highest BCUT2D eigenvalue weighted by Crippen LogP contribution is 2.53. The smallest absolute Gasteiger partial charge is 0.0457 e. The molecular formula is C52H52ClN. The van der Waals surface area contributed by atoms with Crippen LogP contribution in [0.3, 0.4) is 0 Å². The summed E-state index contributed by atoms with van der Waals surface area (Å²) in [6, 6.07) is 52.6. The van der Waals surface area contributed by atoms with E-state index in [4.69, 9.17) is 18.2 Å². The molecule has 0 fully saturated rings. The number of nitrogens with zero attached hydrogens (tertiary/aromatic N) is 1. The molecule has 0 aliphatic carbocycles. The molecule has 272 valence electrons. The van der Waals surface area contributed by atoms with Gasteiger partial charge in [0, 0.05) is 33.8 Å². The zero-order valence-electron chi connectivity index (χ0n) is 32.2. The van der Waals surface area contributed by atoms with Crippen molar-refractivity contribution in [3.63, 3.8) is 0 Å². The van der Waals surface area contributed by atoms with Crippen molar-refractivity contribution in [2.24, 2.45) is 5.92 Å². The zero-order chi connectivity index (χ0) is 37.7. The third-order valence-corrected chi connectivity index (χ3v) is 11.8. The Morgan fingerprint density at radius 1 is 0.759 bits per heavy atom. The zero-order valence-corrected chi connectivity index (χ0v) is 33.0. The molecule has 2 heteroatoms. The normalized spacial score (nSPS) is 16.5. The Kier molecular flexibility index (Phi) is 11.1. The number of halogens is 1. The van der Waals surface area contributed by atoms with Crippen molar-refractivity contribution in [2.75, 3.05) is 11.4 Å². The summed E-state index contributed by atoms with van der Waals surface area (Å²) in [4.78, 5) is 2.61. The van der Waals surface area contributed by atoms with Crippen molar-refractivity contribution < 1.29 is 0 Å². The fraction of sp³-hybridized carbons (Fsp3) is 0.231. The van der Waals surface area contributed by atoms with Gasteiger partial charge in [0.2, 0.25) is 0 Å². The van der Waals surface area contributed by atoms with Gasteiger partial charge in [-0.1, -0.05) is 172 Å². The molecule has 0 spiro atoms. The summed E-state index contributed by atoms with van der Waals surface area (Å²) in [5.74, 6) is 0.587. The minimum atomic E-state index is -0.438.